The fourth-order valence-corrected chi connectivity index (χ4v) is 4.21. The largest absolute Gasteiger partial charge is 0.493 e. The molecule has 0 saturated carbocycles. The van der Waals surface area contributed by atoms with E-state index in [1.807, 2.05) is 23.6 Å². The highest BCUT2D eigenvalue weighted by molar-refractivity contribution is 7.12. The lowest BCUT2D eigenvalue weighted by molar-refractivity contribution is -0.122. The Bertz CT molecular complexity index is 1130. The number of nitrogens with zero attached hydrogens (tertiary/aromatic N) is 3. The number of nitrogens with one attached hydrogen (secondary N) is 1. The molecule has 0 atom stereocenters. The van der Waals surface area contributed by atoms with Crippen molar-refractivity contribution in [3.8, 4) is 11.5 Å². The van der Waals surface area contributed by atoms with Gasteiger partial charge in [0.05, 0.1) is 19.9 Å². The Balaban J connectivity index is 1.25. The SMILES string of the molecule is COc1cc(C=NNC(=O)CN2CCN(c3ccccc3)CC2)ccc1OC(=O)c1cccs1. The Hall–Kier alpha value is -3.69. The van der Waals surface area contributed by atoms with Crippen LogP contribution in [0.25, 0.3) is 0 Å². The number of para-hydroxylation sites is 1. The molecule has 0 aliphatic carbocycles. The number of anilines is 1. The first-order chi connectivity index (χ1) is 16.6. The molecule has 1 amide bonds. The molecule has 2 heterocycles. The van der Waals surface area contributed by atoms with Crippen LogP contribution in [0, 0.1) is 0 Å². The van der Waals surface area contributed by atoms with Crippen LogP contribution in [0.5, 0.6) is 11.5 Å². The first-order valence-electron chi connectivity index (χ1n) is 10.9. The fourth-order valence-electron chi connectivity index (χ4n) is 3.61. The monoisotopic (exact) mass is 478 g/mol. The van der Waals surface area contributed by atoms with E-state index in [1.165, 1.54) is 30.3 Å². The average Bonchev–Trinajstić information content (AvgIpc) is 3.41. The van der Waals surface area contributed by atoms with Gasteiger partial charge in [-0.15, -0.1) is 11.3 Å². The third kappa shape index (κ3) is 6.21. The maximum Gasteiger partial charge on any atom is 0.353 e. The number of thiophene rings is 1. The van der Waals surface area contributed by atoms with Gasteiger partial charge in [0.1, 0.15) is 4.88 Å². The van der Waals surface area contributed by atoms with Crippen molar-refractivity contribution in [1.29, 1.82) is 0 Å². The zero-order valence-corrected chi connectivity index (χ0v) is 19.7. The van der Waals surface area contributed by atoms with Crippen LogP contribution >= 0.6 is 11.3 Å². The first kappa shape index (κ1) is 23.5. The van der Waals surface area contributed by atoms with Crippen molar-refractivity contribution in [2.75, 3.05) is 44.7 Å². The molecule has 2 aromatic carbocycles. The lowest BCUT2D eigenvalue weighted by Gasteiger charge is -2.35. The molecule has 8 nitrogen and oxygen atoms in total. The normalized spacial score (nSPS) is 14.2. The molecule has 1 aromatic heterocycles. The smallest absolute Gasteiger partial charge is 0.353 e. The van der Waals surface area contributed by atoms with E-state index >= 15 is 0 Å². The van der Waals surface area contributed by atoms with E-state index in [4.69, 9.17) is 9.47 Å². The maximum absolute atomic E-state index is 12.3. The lowest BCUT2D eigenvalue weighted by Crippen LogP contribution is -2.49. The van der Waals surface area contributed by atoms with Gasteiger partial charge in [-0.1, -0.05) is 24.3 Å². The molecule has 176 valence electrons. The molecule has 1 N–H and O–H groups in total. The second-order valence-corrected chi connectivity index (χ2v) is 8.62. The second-order valence-electron chi connectivity index (χ2n) is 7.67. The summed E-state index contributed by atoms with van der Waals surface area (Å²) in [5, 5.41) is 5.86. The third-order valence-corrected chi connectivity index (χ3v) is 6.23. The molecule has 4 rings (SSSR count). The summed E-state index contributed by atoms with van der Waals surface area (Å²) in [6, 6.07) is 18.8. The Morgan fingerprint density at radius 1 is 1.03 bits per heavy atom. The summed E-state index contributed by atoms with van der Waals surface area (Å²) >= 11 is 1.31. The van der Waals surface area contributed by atoms with Gasteiger partial charge in [0.25, 0.3) is 5.91 Å². The molecule has 1 saturated heterocycles. The van der Waals surface area contributed by atoms with Crippen LogP contribution in [0.3, 0.4) is 0 Å². The quantitative estimate of drug-likeness (QED) is 0.232. The summed E-state index contributed by atoms with van der Waals surface area (Å²) in [5.74, 6) is 0.109. The van der Waals surface area contributed by atoms with Crippen molar-refractivity contribution in [2.45, 2.75) is 0 Å². The van der Waals surface area contributed by atoms with E-state index < -0.39 is 5.97 Å². The molecule has 0 radical (unpaired) electrons. The van der Waals surface area contributed by atoms with Gasteiger partial charge >= 0.3 is 5.97 Å². The first-order valence-corrected chi connectivity index (χ1v) is 11.8. The van der Waals surface area contributed by atoms with Crippen LogP contribution in [-0.2, 0) is 4.79 Å². The highest BCUT2D eigenvalue weighted by Gasteiger charge is 2.19. The second kappa shape index (κ2) is 11.4. The van der Waals surface area contributed by atoms with Gasteiger partial charge < -0.3 is 14.4 Å². The van der Waals surface area contributed by atoms with E-state index in [1.54, 1.807) is 30.3 Å². The molecular weight excluding hydrogens is 452 g/mol. The van der Waals surface area contributed by atoms with Crippen molar-refractivity contribution >= 4 is 35.1 Å². The van der Waals surface area contributed by atoms with E-state index in [-0.39, 0.29) is 5.91 Å². The molecular formula is C25H26N4O4S. The number of benzene rings is 2. The number of hydrogen-bond donors (Lipinski definition) is 1. The summed E-state index contributed by atoms with van der Waals surface area (Å²) in [6.07, 6.45) is 1.53. The van der Waals surface area contributed by atoms with Crippen molar-refractivity contribution in [2.24, 2.45) is 5.10 Å². The zero-order valence-electron chi connectivity index (χ0n) is 18.8. The van der Waals surface area contributed by atoms with Crippen LogP contribution in [0.2, 0.25) is 0 Å². The summed E-state index contributed by atoms with van der Waals surface area (Å²) in [4.78, 5) is 29.4. The highest BCUT2D eigenvalue weighted by atomic mass is 32.1. The molecule has 0 spiro atoms. The minimum Gasteiger partial charge on any atom is -0.493 e. The molecule has 1 aliphatic heterocycles. The third-order valence-electron chi connectivity index (χ3n) is 5.38. The summed E-state index contributed by atoms with van der Waals surface area (Å²) in [7, 11) is 1.50. The van der Waals surface area contributed by atoms with Crippen LogP contribution in [-0.4, -0.2) is 62.8 Å². The van der Waals surface area contributed by atoms with Crippen LogP contribution in [0.4, 0.5) is 5.69 Å². The number of ether oxygens (including phenoxy) is 2. The maximum atomic E-state index is 12.3. The van der Waals surface area contributed by atoms with Crippen LogP contribution in [0.1, 0.15) is 15.2 Å². The molecule has 1 aliphatic rings. The number of rotatable bonds is 8. The van der Waals surface area contributed by atoms with Crippen molar-refractivity contribution in [3.05, 3.63) is 76.5 Å². The standard InChI is InChI=1S/C25H26N4O4S/c1-32-22-16-19(9-10-21(22)33-25(31)23-8-5-15-34-23)17-26-27-24(30)18-28-11-13-29(14-12-28)20-6-3-2-4-7-20/h2-10,15-17H,11-14,18H2,1H3,(H,27,30). The lowest BCUT2D eigenvalue weighted by atomic mass is 10.2. The predicted octanol–water partition coefficient (Wildman–Crippen LogP) is 3.25. The van der Waals surface area contributed by atoms with Crippen molar-refractivity contribution < 1.29 is 19.1 Å². The van der Waals surface area contributed by atoms with Gasteiger partial charge in [-0.05, 0) is 47.3 Å². The molecule has 9 heteroatoms. The molecule has 1 fully saturated rings. The van der Waals surface area contributed by atoms with Crippen LogP contribution < -0.4 is 19.8 Å². The van der Waals surface area contributed by atoms with Gasteiger partial charge in [-0.25, -0.2) is 10.2 Å². The van der Waals surface area contributed by atoms with Crippen LogP contribution in [0.15, 0.2) is 71.1 Å². The number of esters is 1. The summed E-state index contributed by atoms with van der Waals surface area (Å²) < 4.78 is 10.8. The zero-order chi connectivity index (χ0) is 23.8. The van der Waals surface area contributed by atoms with Gasteiger partial charge in [-0.3, -0.25) is 9.69 Å². The number of piperazine rings is 1. The summed E-state index contributed by atoms with van der Waals surface area (Å²) in [6.45, 7) is 3.68. The highest BCUT2D eigenvalue weighted by Crippen LogP contribution is 2.28. The van der Waals surface area contributed by atoms with Gasteiger partial charge in [-0.2, -0.15) is 5.10 Å². The number of hydrogen-bond acceptors (Lipinski definition) is 8. The number of methoxy groups -OCH3 is 1. The topological polar surface area (TPSA) is 83.5 Å². The predicted molar refractivity (Wildman–Crippen MR) is 133 cm³/mol. The number of carbonyl (C=O) groups is 2. The Kier molecular flexibility index (Phi) is 7.90. The Morgan fingerprint density at radius 3 is 2.53 bits per heavy atom. The Morgan fingerprint density at radius 2 is 1.82 bits per heavy atom. The van der Waals surface area contributed by atoms with Gasteiger partial charge in [0.2, 0.25) is 0 Å². The molecule has 0 unspecified atom stereocenters. The minimum atomic E-state index is -0.438. The molecule has 0 bridgehead atoms. The number of amides is 1. The number of hydrazone groups is 1. The average molecular weight is 479 g/mol. The van der Waals surface area contributed by atoms with E-state index in [0.29, 0.717) is 28.5 Å². The van der Waals surface area contributed by atoms with E-state index in [2.05, 4.69) is 32.5 Å². The Labute approximate surface area is 202 Å². The van der Waals surface area contributed by atoms with Crippen molar-refractivity contribution in [1.82, 2.24) is 10.3 Å². The van der Waals surface area contributed by atoms with E-state index in [9.17, 15) is 9.59 Å². The minimum absolute atomic E-state index is 0.169. The fraction of sp³-hybridized carbons (Fsp3) is 0.240. The van der Waals surface area contributed by atoms with Gasteiger partial charge in [0.15, 0.2) is 11.5 Å². The van der Waals surface area contributed by atoms with Crippen molar-refractivity contribution in [3.63, 3.8) is 0 Å². The molecule has 34 heavy (non-hydrogen) atoms. The molecule has 3 aromatic rings. The summed E-state index contributed by atoms with van der Waals surface area (Å²) in [5.41, 5.74) is 4.48. The number of carbonyl (C=O) groups excluding carboxylic acids is 2. The van der Waals surface area contributed by atoms with Gasteiger partial charge in [0, 0.05) is 31.9 Å². The van der Waals surface area contributed by atoms with E-state index in [0.717, 1.165) is 26.2 Å².